The maximum Gasteiger partial charge on any atom is 0.407 e. The molecule has 2 rings (SSSR count). The molecule has 0 spiro atoms. The van der Waals surface area contributed by atoms with E-state index in [2.05, 4.69) is 19.6 Å². The summed E-state index contributed by atoms with van der Waals surface area (Å²) in [5, 5.41) is 14.5. The van der Waals surface area contributed by atoms with Crippen molar-refractivity contribution in [3.05, 3.63) is 59.7 Å². The third-order valence-corrected chi connectivity index (χ3v) is 5.76. The van der Waals surface area contributed by atoms with Gasteiger partial charge in [0.1, 0.15) is 29.3 Å². The van der Waals surface area contributed by atoms with Crippen LogP contribution in [-0.4, -0.2) is 96.9 Å². The first-order chi connectivity index (χ1) is 21.8. The lowest BCUT2D eigenvalue weighted by Gasteiger charge is -2.19. The Hall–Kier alpha value is -3.59. The van der Waals surface area contributed by atoms with Crippen LogP contribution in [0.15, 0.2) is 48.5 Å². The van der Waals surface area contributed by atoms with E-state index in [4.69, 9.17) is 24.1 Å². The van der Waals surface area contributed by atoms with Crippen LogP contribution in [0.2, 0.25) is 0 Å². The number of carbonyl (C=O) groups is 2. The van der Waals surface area contributed by atoms with Gasteiger partial charge < -0.3 is 39.4 Å². The molecule has 2 aromatic rings. The Kier molecular flexibility index (Phi) is 21.1. The smallest absolute Gasteiger partial charge is 0.407 e. The number of alkyl carbamates (subject to hydrolysis) is 2. The number of hydrogen-bond acceptors (Lipinski definition) is 11. The number of nitrogens with one attached hydrogen (secondary N) is 2. The fraction of sp³-hybridized carbons (Fsp3) is 0.576. The number of methoxy groups -OCH3 is 2. The summed E-state index contributed by atoms with van der Waals surface area (Å²) in [4.78, 5) is 22.8. The Bertz CT molecular complexity index is 1240. The second-order valence-corrected chi connectivity index (χ2v) is 13.7. The van der Waals surface area contributed by atoms with Crippen LogP contribution in [0.25, 0.3) is 0 Å². The molecular formula is C33H54N2O11S. The molecule has 268 valence electrons. The number of ether oxygens (including phenoxy) is 5. The van der Waals surface area contributed by atoms with Gasteiger partial charge in [0.2, 0.25) is 0 Å². The Morgan fingerprint density at radius 2 is 1.09 bits per heavy atom. The first kappa shape index (κ1) is 43.4. The van der Waals surface area contributed by atoms with Crippen LogP contribution in [0.3, 0.4) is 0 Å². The highest BCUT2D eigenvalue weighted by molar-refractivity contribution is 7.85. The summed E-state index contributed by atoms with van der Waals surface area (Å²) in [6.07, 6.45) is 1.66. The highest BCUT2D eigenvalue weighted by atomic mass is 32.2. The monoisotopic (exact) mass is 686 g/mol. The Balaban J connectivity index is 0.000000729. The maximum atomic E-state index is 11.5. The van der Waals surface area contributed by atoms with Crippen LogP contribution < -0.4 is 15.4 Å². The molecule has 0 atom stereocenters. The normalized spacial score (nSPS) is 11.2. The van der Waals surface area contributed by atoms with E-state index in [1.807, 2.05) is 77.9 Å². The maximum absolute atomic E-state index is 11.5. The summed E-state index contributed by atoms with van der Waals surface area (Å²) in [6, 6.07) is 14.7. The van der Waals surface area contributed by atoms with Gasteiger partial charge in [0, 0.05) is 27.3 Å². The average molecular weight is 687 g/mol. The molecule has 0 aliphatic rings. The molecule has 0 fully saturated rings. The van der Waals surface area contributed by atoms with Crippen molar-refractivity contribution in [2.24, 2.45) is 0 Å². The van der Waals surface area contributed by atoms with E-state index in [-0.39, 0.29) is 18.4 Å². The van der Waals surface area contributed by atoms with Crippen LogP contribution >= 0.6 is 0 Å². The molecule has 14 heteroatoms. The second-order valence-electron chi connectivity index (χ2n) is 12.0. The summed E-state index contributed by atoms with van der Waals surface area (Å²) < 4.78 is 50.0. The Labute approximate surface area is 280 Å². The molecule has 0 aliphatic carbocycles. The number of aromatic hydroxyl groups is 1. The van der Waals surface area contributed by atoms with E-state index in [0.717, 1.165) is 29.6 Å². The van der Waals surface area contributed by atoms with E-state index >= 15 is 0 Å². The lowest BCUT2D eigenvalue weighted by atomic mass is 10.1. The molecule has 13 nitrogen and oxygen atoms in total. The zero-order valence-electron chi connectivity index (χ0n) is 29.2. The molecular weight excluding hydrogens is 632 g/mol. The van der Waals surface area contributed by atoms with Gasteiger partial charge in [0.25, 0.3) is 10.1 Å². The van der Waals surface area contributed by atoms with E-state index in [1.54, 1.807) is 19.2 Å². The Morgan fingerprint density at radius 1 is 0.681 bits per heavy atom. The highest BCUT2D eigenvalue weighted by Crippen LogP contribution is 2.13. The average Bonchev–Trinajstić information content (AvgIpc) is 2.93. The number of carbonyl (C=O) groups excluding carboxylic acids is 2. The zero-order valence-corrected chi connectivity index (χ0v) is 30.0. The number of phenolic OH excluding ortho intramolecular Hbond substituents is 1. The summed E-state index contributed by atoms with van der Waals surface area (Å²) >= 11 is 0. The van der Waals surface area contributed by atoms with Crippen LogP contribution in [0.5, 0.6) is 11.5 Å². The molecule has 0 aromatic heterocycles. The molecule has 47 heavy (non-hydrogen) atoms. The first-order valence-electron chi connectivity index (χ1n) is 15.1. The van der Waals surface area contributed by atoms with Crippen molar-refractivity contribution in [2.45, 2.75) is 65.6 Å². The van der Waals surface area contributed by atoms with E-state index < -0.39 is 27.4 Å². The van der Waals surface area contributed by atoms with E-state index in [9.17, 15) is 18.0 Å². The van der Waals surface area contributed by atoms with Gasteiger partial charge in [0.15, 0.2) is 0 Å². The summed E-state index contributed by atoms with van der Waals surface area (Å²) in [5.41, 5.74) is 1.25. The third-order valence-electron chi connectivity index (χ3n) is 5.16. The van der Waals surface area contributed by atoms with E-state index in [1.165, 1.54) is 7.11 Å². The predicted octanol–water partition coefficient (Wildman–Crippen LogP) is 4.85. The van der Waals surface area contributed by atoms with Crippen molar-refractivity contribution in [1.82, 2.24) is 10.6 Å². The van der Waals surface area contributed by atoms with Crippen molar-refractivity contribution in [3.63, 3.8) is 0 Å². The lowest BCUT2D eigenvalue weighted by Crippen LogP contribution is -2.33. The largest absolute Gasteiger partial charge is 0.508 e. The Morgan fingerprint density at radius 3 is 1.47 bits per heavy atom. The highest BCUT2D eigenvalue weighted by Gasteiger charge is 2.16. The second kappa shape index (κ2) is 22.9. The van der Waals surface area contributed by atoms with E-state index in [0.29, 0.717) is 39.3 Å². The molecule has 3 N–H and O–H groups in total. The van der Waals surface area contributed by atoms with Crippen molar-refractivity contribution >= 4 is 22.3 Å². The molecule has 2 aromatic carbocycles. The SMILES string of the molecule is CC(C)(C)OC(=O)NCCc1ccc(O)cc1.COCCOS(C)(=O)=O.COCCOc1ccc(CCNC(=O)OC(C)(C)C)cc1. The topological polar surface area (TPSA) is 168 Å². The number of hydrogen-bond donors (Lipinski definition) is 3. The number of rotatable bonds is 14. The predicted molar refractivity (Wildman–Crippen MR) is 180 cm³/mol. The zero-order chi connectivity index (χ0) is 35.9. The summed E-state index contributed by atoms with van der Waals surface area (Å²) in [5.74, 6) is 1.06. The summed E-state index contributed by atoms with van der Waals surface area (Å²) in [6.45, 7) is 13.6. The van der Waals surface area contributed by atoms with Crippen molar-refractivity contribution < 1.29 is 51.0 Å². The minimum Gasteiger partial charge on any atom is -0.508 e. The standard InChI is InChI=1S/C16H25NO4.C13H19NO3.C4H10O4S/c1-16(2,3)21-15(18)17-10-9-13-5-7-14(8-6-13)20-12-11-19-4;1-13(2,3)17-12(16)14-9-8-10-4-6-11(15)7-5-10;1-7-3-4-8-9(2,5)6/h5-8H,9-12H2,1-4H3,(H,17,18);4-7,15H,8-9H2,1-3H3,(H,14,16);3-4H2,1-2H3. The number of phenols is 1. The minimum absolute atomic E-state index is 0.0926. The van der Waals surface area contributed by atoms with Crippen molar-refractivity contribution in [3.8, 4) is 11.5 Å². The van der Waals surface area contributed by atoms with Crippen LogP contribution in [0, 0.1) is 0 Å². The fourth-order valence-electron chi connectivity index (χ4n) is 3.17. The van der Waals surface area contributed by atoms with Gasteiger partial charge in [0.05, 0.1) is 26.1 Å². The van der Waals surface area contributed by atoms with Gasteiger partial charge >= 0.3 is 12.2 Å². The number of amides is 2. The number of benzene rings is 2. The van der Waals surface area contributed by atoms with Crippen LogP contribution in [0.1, 0.15) is 52.7 Å². The quantitative estimate of drug-likeness (QED) is 0.184. The van der Waals surface area contributed by atoms with Gasteiger partial charge in [-0.05, 0) is 89.8 Å². The van der Waals surface area contributed by atoms with Gasteiger partial charge in [-0.1, -0.05) is 24.3 Å². The van der Waals surface area contributed by atoms with Crippen molar-refractivity contribution in [2.75, 3.05) is 60.0 Å². The van der Waals surface area contributed by atoms with Gasteiger partial charge in [-0.25, -0.2) is 9.59 Å². The third kappa shape index (κ3) is 28.4. The van der Waals surface area contributed by atoms with Gasteiger partial charge in [-0.2, -0.15) is 8.42 Å². The van der Waals surface area contributed by atoms with Gasteiger partial charge in [-0.3, -0.25) is 4.18 Å². The lowest BCUT2D eigenvalue weighted by molar-refractivity contribution is 0.0517. The molecule has 0 saturated heterocycles. The summed E-state index contributed by atoms with van der Waals surface area (Å²) in [7, 11) is -0.156. The van der Waals surface area contributed by atoms with Crippen molar-refractivity contribution in [1.29, 1.82) is 0 Å². The van der Waals surface area contributed by atoms with Crippen LogP contribution in [0.4, 0.5) is 9.59 Å². The minimum atomic E-state index is -3.28. The molecule has 0 radical (unpaired) electrons. The molecule has 0 aliphatic heterocycles. The molecule has 2 amide bonds. The fourth-order valence-corrected chi connectivity index (χ4v) is 3.54. The molecule has 0 heterocycles. The van der Waals surface area contributed by atoms with Crippen LogP contribution in [-0.2, 0) is 46.1 Å². The van der Waals surface area contributed by atoms with Gasteiger partial charge in [-0.15, -0.1) is 0 Å². The molecule has 0 unspecified atom stereocenters. The first-order valence-corrected chi connectivity index (χ1v) is 16.9. The molecule has 0 bridgehead atoms. The molecule has 0 saturated carbocycles.